The van der Waals surface area contributed by atoms with Gasteiger partial charge in [-0.3, -0.25) is 4.79 Å². The molecule has 2 aliphatic heterocycles. The van der Waals surface area contributed by atoms with Crippen LogP contribution in [0.1, 0.15) is 26.2 Å². The molecule has 2 heterocycles. The first kappa shape index (κ1) is 18.6. The predicted molar refractivity (Wildman–Crippen MR) is 81.6 cm³/mol. The smallest absolute Gasteiger partial charge is 0.248 e. The van der Waals surface area contributed by atoms with E-state index in [-0.39, 0.29) is 36.4 Å². The van der Waals surface area contributed by atoms with Crippen molar-refractivity contribution in [2.75, 3.05) is 32.8 Å². The van der Waals surface area contributed by atoms with Crippen molar-refractivity contribution in [2.45, 2.75) is 44.5 Å². The van der Waals surface area contributed by atoms with Gasteiger partial charge in [0.05, 0.1) is 18.8 Å². The normalized spacial score (nSPS) is 30.5. The molecule has 2 fully saturated rings. The van der Waals surface area contributed by atoms with Gasteiger partial charge >= 0.3 is 0 Å². The molecular formula is C14H27ClN2O4. The summed E-state index contributed by atoms with van der Waals surface area (Å²) in [5.41, 5.74) is 0. The van der Waals surface area contributed by atoms with E-state index in [4.69, 9.17) is 9.47 Å². The van der Waals surface area contributed by atoms with Crippen molar-refractivity contribution in [3.8, 4) is 0 Å². The minimum absolute atomic E-state index is 0. The first-order valence-corrected chi connectivity index (χ1v) is 7.56. The van der Waals surface area contributed by atoms with Gasteiger partial charge in [-0.1, -0.05) is 0 Å². The summed E-state index contributed by atoms with van der Waals surface area (Å²) in [6.45, 7) is 4.85. The monoisotopic (exact) mass is 322 g/mol. The second-order valence-corrected chi connectivity index (χ2v) is 5.69. The van der Waals surface area contributed by atoms with Crippen LogP contribution in [0.15, 0.2) is 0 Å². The maximum atomic E-state index is 11.9. The molecule has 0 aromatic heterocycles. The van der Waals surface area contributed by atoms with Gasteiger partial charge in [-0.25, -0.2) is 0 Å². The Balaban J connectivity index is 0.00000220. The molecule has 0 aliphatic carbocycles. The van der Waals surface area contributed by atoms with Crippen LogP contribution in [0.25, 0.3) is 0 Å². The van der Waals surface area contributed by atoms with E-state index in [1.807, 2.05) is 0 Å². The average Bonchev–Trinajstić information content (AvgIpc) is 2.88. The van der Waals surface area contributed by atoms with Gasteiger partial charge in [0.1, 0.15) is 6.10 Å². The summed E-state index contributed by atoms with van der Waals surface area (Å²) < 4.78 is 11.1. The Morgan fingerprint density at radius 2 is 2.29 bits per heavy atom. The largest absolute Gasteiger partial charge is 0.391 e. The molecule has 6 nitrogen and oxygen atoms in total. The number of nitrogens with one attached hydrogen (secondary N) is 2. The number of β-amino-alcohol motifs (C(OH)–C–C–N with tert-alkyl or cyclic N) is 1. The Hall–Kier alpha value is -0.400. The maximum Gasteiger partial charge on any atom is 0.248 e. The number of carbonyl (C=O) groups excluding carboxylic acids is 1. The van der Waals surface area contributed by atoms with Crippen LogP contribution in [0.4, 0.5) is 0 Å². The lowest BCUT2D eigenvalue weighted by Crippen LogP contribution is -2.41. The SMILES string of the molecule is CC(OCC1CCCCO1)C(=O)NCC1CNCC1O.Cl. The highest BCUT2D eigenvalue weighted by Crippen LogP contribution is 2.13. The van der Waals surface area contributed by atoms with Gasteiger partial charge in [0.15, 0.2) is 0 Å². The summed E-state index contributed by atoms with van der Waals surface area (Å²) in [5.74, 6) is -0.0345. The van der Waals surface area contributed by atoms with Crippen molar-refractivity contribution >= 4 is 18.3 Å². The van der Waals surface area contributed by atoms with Crippen LogP contribution in [0.5, 0.6) is 0 Å². The molecule has 0 radical (unpaired) electrons. The van der Waals surface area contributed by atoms with E-state index < -0.39 is 6.10 Å². The van der Waals surface area contributed by atoms with E-state index in [2.05, 4.69) is 10.6 Å². The zero-order valence-electron chi connectivity index (χ0n) is 12.5. The molecule has 0 saturated carbocycles. The van der Waals surface area contributed by atoms with Crippen LogP contribution in [-0.4, -0.2) is 62.2 Å². The first-order valence-electron chi connectivity index (χ1n) is 7.56. The van der Waals surface area contributed by atoms with Crippen molar-refractivity contribution in [1.29, 1.82) is 0 Å². The lowest BCUT2D eigenvalue weighted by molar-refractivity contribution is -0.135. The van der Waals surface area contributed by atoms with Gasteiger partial charge < -0.3 is 25.2 Å². The second kappa shape index (κ2) is 9.58. The molecule has 7 heteroatoms. The molecule has 4 unspecified atom stereocenters. The van der Waals surface area contributed by atoms with Crippen molar-refractivity contribution in [3.05, 3.63) is 0 Å². The van der Waals surface area contributed by atoms with Crippen molar-refractivity contribution < 1.29 is 19.4 Å². The third kappa shape index (κ3) is 6.08. The lowest BCUT2D eigenvalue weighted by Gasteiger charge is -2.24. The van der Waals surface area contributed by atoms with Gasteiger partial charge in [0.25, 0.3) is 0 Å². The summed E-state index contributed by atoms with van der Waals surface area (Å²) in [7, 11) is 0. The Labute approximate surface area is 132 Å². The fourth-order valence-electron chi connectivity index (χ4n) is 2.57. The highest BCUT2D eigenvalue weighted by Gasteiger charge is 2.26. The molecule has 124 valence electrons. The fraction of sp³-hybridized carbons (Fsp3) is 0.929. The standard InChI is InChI=1S/C14H26N2O4.ClH/c1-10(20-9-12-4-2-3-5-19-12)14(18)16-7-11-6-15-8-13(11)17;/h10-13,15,17H,2-9H2,1H3,(H,16,18);1H. The van der Waals surface area contributed by atoms with Crippen molar-refractivity contribution in [3.63, 3.8) is 0 Å². The molecule has 0 aromatic rings. The maximum absolute atomic E-state index is 11.9. The Kier molecular flexibility index (Phi) is 8.51. The summed E-state index contributed by atoms with van der Waals surface area (Å²) in [5, 5.41) is 15.6. The van der Waals surface area contributed by atoms with Crippen LogP contribution in [0, 0.1) is 5.92 Å². The Morgan fingerprint density at radius 1 is 1.48 bits per heavy atom. The van der Waals surface area contributed by atoms with E-state index >= 15 is 0 Å². The van der Waals surface area contributed by atoms with Gasteiger partial charge in [0, 0.05) is 32.2 Å². The van der Waals surface area contributed by atoms with E-state index in [0.29, 0.717) is 19.7 Å². The molecule has 0 aromatic carbocycles. The number of hydrogen-bond acceptors (Lipinski definition) is 5. The number of ether oxygens (including phenoxy) is 2. The van der Waals surface area contributed by atoms with Crippen LogP contribution in [0.2, 0.25) is 0 Å². The molecule has 2 rings (SSSR count). The van der Waals surface area contributed by atoms with E-state index in [0.717, 1.165) is 26.0 Å². The van der Waals surface area contributed by atoms with Crippen LogP contribution in [-0.2, 0) is 14.3 Å². The first-order chi connectivity index (χ1) is 9.66. The van der Waals surface area contributed by atoms with Gasteiger partial charge in [-0.2, -0.15) is 0 Å². The molecule has 0 spiro atoms. The van der Waals surface area contributed by atoms with Crippen LogP contribution in [0.3, 0.4) is 0 Å². The average molecular weight is 323 g/mol. The highest BCUT2D eigenvalue weighted by molar-refractivity contribution is 5.85. The Bertz CT molecular complexity index is 313. The molecule has 0 bridgehead atoms. The summed E-state index contributed by atoms with van der Waals surface area (Å²) in [6.07, 6.45) is 2.56. The third-order valence-electron chi connectivity index (χ3n) is 4.02. The zero-order valence-corrected chi connectivity index (χ0v) is 13.4. The third-order valence-corrected chi connectivity index (χ3v) is 4.02. The number of hydrogen-bond donors (Lipinski definition) is 3. The summed E-state index contributed by atoms with van der Waals surface area (Å²) in [4.78, 5) is 11.9. The number of carbonyl (C=O) groups is 1. The Morgan fingerprint density at radius 3 is 2.90 bits per heavy atom. The molecule has 2 saturated heterocycles. The molecular weight excluding hydrogens is 296 g/mol. The minimum Gasteiger partial charge on any atom is -0.391 e. The molecule has 3 N–H and O–H groups in total. The van der Waals surface area contributed by atoms with Gasteiger partial charge in [-0.05, 0) is 26.2 Å². The zero-order chi connectivity index (χ0) is 14.4. The number of aliphatic hydroxyl groups excluding tert-OH is 1. The van der Waals surface area contributed by atoms with Gasteiger partial charge in [0.2, 0.25) is 5.91 Å². The fourth-order valence-corrected chi connectivity index (χ4v) is 2.57. The van der Waals surface area contributed by atoms with E-state index in [1.54, 1.807) is 6.92 Å². The van der Waals surface area contributed by atoms with Gasteiger partial charge in [-0.15, -0.1) is 12.4 Å². The second-order valence-electron chi connectivity index (χ2n) is 5.69. The van der Waals surface area contributed by atoms with E-state index in [1.165, 1.54) is 6.42 Å². The lowest BCUT2D eigenvalue weighted by atomic mass is 10.1. The van der Waals surface area contributed by atoms with Crippen LogP contribution >= 0.6 is 12.4 Å². The number of rotatable bonds is 6. The number of aliphatic hydroxyl groups is 1. The van der Waals surface area contributed by atoms with Crippen molar-refractivity contribution in [2.24, 2.45) is 5.92 Å². The predicted octanol–water partition coefficient (Wildman–Crippen LogP) is 0.0789. The summed E-state index contributed by atoms with van der Waals surface area (Å²) >= 11 is 0. The molecule has 2 aliphatic rings. The molecule has 1 amide bonds. The van der Waals surface area contributed by atoms with Crippen LogP contribution < -0.4 is 10.6 Å². The van der Waals surface area contributed by atoms with Crippen molar-refractivity contribution in [1.82, 2.24) is 10.6 Å². The quantitative estimate of drug-likeness (QED) is 0.645. The summed E-state index contributed by atoms with van der Waals surface area (Å²) in [6, 6.07) is 0. The minimum atomic E-state index is -0.480. The topological polar surface area (TPSA) is 79.8 Å². The molecule has 21 heavy (non-hydrogen) atoms. The molecule has 4 atom stereocenters. The number of halogens is 1. The van der Waals surface area contributed by atoms with E-state index in [9.17, 15) is 9.90 Å². The number of amides is 1. The highest BCUT2D eigenvalue weighted by atomic mass is 35.5.